The molecule has 1 aliphatic heterocycles. The Morgan fingerprint density at radius 1 is 1.31 bits per heavy atom. The van der Waals surface area contributed by atoms with Gasteiger partial charge in [0.1, 0.15) is 12.6 Å². The van der Waals surface area contributed by atoms with Crippen LogP contribution in [0.3, 0.4) is 0 Å². The van der Waals surface area contributed by atoms with Crippen molar-refractivity contribution in [3.8, 4) is 0 Å². The van der Waals surface area contributed by atoms with E-state index in [-0.39, 0.29) is 23.8 Å². The first-order chi connectivity index (χ1) is 12.5. The molecule has 3 rings (SSSR count). The van der Waals surface area contributed by atoms with Crippen molar-refractivity contribution in [2.75, 3.05) is 18.5 Å². The number of carbonyl (C=O) groups is 3. The van der Waals surface area contributed by atoms with Crippen molar-refractivity contribution in [3.63, 3.8) is 0 Å². The number of hydrogen-bond acceptors (Lipinski definition) is 4. The summed E-state index contributed by atoms with van der Waals surface area (Å²) in [5.74, 6) is -0.255. The Morgan fingerprint density at radius 2 is 2.08 bits per heavy atom. The predicted octanol–water partition coefficient (Wildman–Crippen LogP) is 2.27. The Bertz CT molecular complexity index is 685. The summed E-state index contributed by atoms with van der Waals surface area (Å²) >= 11 is 0. The molecule has 1 heterocycles. The van der Waals surface area contributed by atoms with Gasteiger partial charge < -0.3 is 20.3 Å². The van der Waals surface area contributed by atoms with Crippen molar-refractivity contribution in [1.29, 1.82) is 0 Å². The maximum absolute atomic E-state index is 12.4. The summed E-state index contributed by atoms with van der Waals surface area (Å²) in [6.45, 7) is 3.11. The normalized spacial score (nSPS) is 18.5. The van der Waals surface area contributed by atoms with Gasteiger partial charge >= 0.3 is 6.09 Å². The molecule has 1 atom stereocenters. The van der Waals surface area contributed by atoms with E-state index in [1.54, 1.807) is 17.9 Å². The number of hydrogen-bond donors (Lipinski definition) is 2. The van der Waals surface area contributed by atoms with Gasteiger partial charge in [-0.3, -0.25) is 9.59 Å². The monoisotopic (exact) mass is 359 g/mol. The quantitative estimate of drug-likeness (QED) is 0.816. The molecule has 0 aromatic heterocycles. The number of rotatable bonds is 6. The first-order valence-electron chi connectivity index (χ1n) is 9.15. The topological polar surface area (TPSA) is 87.7 Å². The van der Waals surface area contributed by atoms with Gasteiger partial charge in [0.15, 0.2) is 0 Å². The summed E-state index contributed by atoms with van der Waals surface area (Å²) in [5.41, 5.74) is 1.55. The van der Waals surface area contributed by atoms with E-state index in [1.807, 2.05) is 18.2 Å². The molecule has 2 aliphatic rings. The minimum atomic E-state index is -0.597. The Hall–Kier alpha value is -2.57. The number of amides is 3. The minimum Gasteiger partial charge on any atom is -0.448 e. The van der Waals surface area contributed by atoms with Crippen molar-refractivity contribution >= 4 is 23.6 Å². The molecule has 1 saturated heterocycles. The molecule has 0 unspecified atom stereocenters. The summed E-state index contributed by atoms with van der Waals surface area (Å²) in [4.78, 5) is 37.7. The molecular formula is C19H25N3O4. The van der Waals surface area contributed by atoms with Crippen LogP contribution in [-0.2, 0) is 20.9 Å². The van der Waals surface area contributed by atoms with Crippen LogP contribution in [0, 0.1) is 5.92 Å². The average Bonchev–Trinajstić information content (AvgIpc) is 3.28. The zero-order chi connectivity index (χ0) is 18.5. The van der Waals surface area contributed by atoms with E-state index in [1.165, 1.54) is 0 Å². The molecule has 0 radical (unpaired) electrons. The lowest BCUT2D eigenvalue weighted by Crippen LogP contribution is -2.43. The van der Waals surface area contributed by atoms with Crippen LogP contribution in [0.4, 0.5) is 10.5 Å². The third-order valence-corrected chi connectivity index (χ3v) is 4.89. The highest BCUT2D eigenvalue weighted by Crippen LogP contribution is 2.24. The summed E-state index contributed by atoms with van der Waals surface area (Å²) < 4.78 is 4.92. The molecule has 26 heavy (non-hydrogen) atoms. The number of nitrogens with one attached hydrogen (secondary N) is 2. The molecule has 140 valence electrons. The van der Waals surface area contributed by atoms with Gasteiger partial charge in [0.25, 0.3) is 0 Å². The second-order valence-electron chi connectivity index (χ2n) is 6.94. The number of cyclic esters (lactones) is 1. The zero-order valence-electron chi connectivity index (χ0n) is 15.0. The molecule has 3 amide bonds. The molecule has 1 aromatic rings. The Balaban J connectivity index is 1.54. The minimum absolute atomic E-state index is 0.0357. The summed E-state index contributed by atoms with van der Waals surface area (Å²) in [7, 11) is 0. The number of ether oxygens (including phenoxy) is 1. The summed E-state index contributed by atoms with van der Waals surface area (Å²) in [5, 5.41) is 5.63. The standard InChI is InChI=1S/C19H25N3O4/c1-13(20-18(24)15-6-2-3-7-15)17(23)21-16-8-4-5-14(11-16)12-22-9-10-26-19(22)25/h4-5,8,11,13,15H,2-3,6-7,9-10,12H2,1H3,(H,20,24)(H,21,23)/t13-/m1/s1. The third-order valence-electron chi connectivity index (χ3n) is 4.89. The Kier molecular flexibility index (Phi) is 5.75. The fourth-order valence-electron chi connectivity index (χ4n) is 3.37. The smallest absolute Gasteiger partial charge is 0.410 e. The van der Waals surface area contributed by atoms with E-state index in [4.69, 9.17) is 4.74 Å². The van der Waals surface area contributed by atoms with Crippen LogP contribution in [0.5, 0.6) is 0 Å². The van der Waals surface area contributed by atoms with Gasteiger partial charge in [-0.2, -0.15) is 0 Å². The molecule has 0 bridgehead atoms. The lowest BCUT2D eigenvalue weighted by molar-refractivity contribution is -0.128. The fraction of sp³-hybridized carbons (Fsp3) is 0.526. The molecule has 2 fully saturated rings. The molecule has 1 aromatic carbocycles. The van der Waals surface area contributed by atoms with E-state index >= 15 is 0 Å². The highest BCUT2D eigenvalue weighted by Gasteiger charge is 2.26. The first kappa shape index (κ1) is 18.2. The van der Waals surface area contributed by atoms with Crippen LogP contribution in [0.1, 0.15) is 38.2 Å². The second kappa shape index (κ2) is 8.21. The van der Waals surface area contributed by atoms with Crippen molar-refractivity contribution in [1.82, 2.24) is 10.2 Å². The number of nitrogens with zero attached hydrogens (tertiary/aromatic N) is 1. The molecule has 1 aliphatic carbocycles. The number of benzene rings is 1. The maximum atomic E-state index is 12.4. The Labute approximate surface area is 153 Å². The highest BCUT2D eigenvalue weighted by atomic mass is 16.6. The molecule has 0 spiro atoms. The summed E-state index contributed by atoms with van der Waals surface area (Å²) in [6.07, 6.45) is 3.65. The zero-order valence-corrected chi connectivity index (χ0v) is 15.0. The van der Waals surface area contributed by atoms with Gasteiger partial charge in [-0.1, -0.05) is 25.0 Å². The van der Waals surface area contributed by atoms with Crippen LogP contribution in [-0.4, -0.2) is 42.0 Å². The van der Waals surface area contributed by atoms with E-state index in [0.29, 0.717) is 25.4 Å². The molecular weight excluding hydrogens is 334 g/mol. The van der Waals surface area contributed by atoms with Gasteiger partial charge in [-0.05, 0) is 37.5 Å². The fourth-order valence-corrected chi connectivity index (χ4v) is 3.37. The van der Waals surface area contributed by atoms with E-state index in [0.717, 1.165) is 31.2 Å². The predicted molar refractivity (Wildman–Crippen MR) is 96.4 cm³/mol. The maximum Gasteiger partial charge on any atom is 0.410 e. The summed E-state index contributed by atoms with van der Waals surface area (Å²) in [6, 6.07) is 6.74. The van der Waals surface area contributed by atoms with Crippen molar-refractivity contribution in [2.45, 2.75) is 45.2 Å². The molecule has 2 N–H and O–H groups in total. The van der Waals surface area contributed by atoms with Crippen LogP contribution >= 0.6 is 0 Å². The third kappa shape index (κ3) is 4.53. The molecule has 7 nitrogen and oxygen atoms in total. The van der Waals surface area contributed by atoms with Crippen LogP contribution in [0.15, 0.2) is 24.3 Å². The van der Waals surface area contributed by atoms with Crippen LogP contribution < -0.4 is 10.6 Å². The van der Waals surface area contributed by atoms with Gasteiger partial charge in [0.05, 0.1) is 6.54 Å². The second-order valence-corrected chi connectivity index (χ2v) is 6.94. The van der Waals surface area contributed by atoms with Gasteiger partial charge in [-0.25, -0.2) is 4.79 Å². The van der Waals surface area contributed by atoms with Gasteiger partial charge in [0, 0.05) is 18.2 Å². The number of carbonyl (C=O) groups excluding carboxylic acids is 3. The van der Waals surface area contributed by atoms with Crippen molar-refractivity contribution in [3.05, 3.63) is 29.8 Å². The van der Waals surface area contributed by atoms with Crippen LogP contribution in [0.2, 0.25) is 0 Å². The van der Waals surface area contributed by atoms with E-state index in [2.05, 4.69) is 10.6 Å². The van der Waals surface area contributed by atoms with E-state index in [9.17, 15) is 14.4 Å². The molecule has 7 heteroatoms. The first-order valence-corrected chi connectivity index (χ1v) is 9.15. The molecule has 1 saturated carbocycles. The largest absolute Gasteiger partial charge is 0.448 e. The lowest BCUT2D eigenvalue weighted by Gasteiger charge is -2.17. The van der Waals surface area contributed by atoms with Crippen molar-refractivity contribution in [2.24, 2.45) is 5.92 Å². The highest BCUT2D eigenvalue weighted by molar-refractivity contribution is 5.97. The van der Waals surface area contributed by atoms with E-state index < -0.39 is 6.04 Å². The number of anilines is 1. The lowest BCUT2D eigenvalue weighted by atomic mass is 10.1. The van der Waals surface area contributed by atoms with Gasteiger partial charge in [-0.15, -0.1) is 0 Å². The Morgan fingerprint density at radius 3 is 2.77 bits per heavy atom. The SMILES string of the molecule is C[C@@H](NC(=O)C1CCCC1)C(=O)Nc1cccc(CN2CCOC2=O)c1. The van der Waals surface area contributed by atoms with Gasteiger partial charge in [0.2, 0.25) is 11.8 Å². The van der Waals surface area contributed by atoms with Crippen molar-refractivity contribution < 1.29 is 19.1 Å². The average molecular weight is 359 g/mol. The van der Waals surface area contributed by atoms with Crippen LogP contribution in [0.25, 0.3) is 0 Å².